The number of nitrogens with one attached hydrogen (secondary N) is 1. The van der Waals surface area contributed by atoms with Gasteiger partial charge < -0.3 is 5.32 Å². The summed E-state index contributed by atoms with van der Waals surface area (Å²) in [6.07, 6.45) is 1.51. The Bertz CT molecular complexity index is 817. The van der Waals surface area contributed by atoms with Crippen LogP contribution in [-0.4, -0.2) is 31.4 Å². The normalized spacial score (nSPS) is 11.9. The third-order valence-electron chi connectivity index (χ3n) is 3.43. The lowest BCUT2D eigenvalue weighted by Gasteiger charge is -2.13. The van der Waals surface area contributed by atoms with Gasteiger partial charge in [0.2, 0.25) is 5.91 Å². The van der Waals surface area contributed by atoms with E-state index >= 15 is 0 Å². The van der Waals surface area contributed by atoms with Gasteiger partial charge in [0.25, 0.3) is 0 Å². The first-order valence-corrected chi connectivity index (χ1v) is 8.37. The minimum atomic E-state index is -0.204. The van der Waals surface area contributed by atoms with E-state index in [1.54, 1.807) is 4.68 Å². The monoisotopic (exact) mass is 339 g/mol. The van der Waals surface area contributed by atoms with Gasteiger partial charge in [-0.05, 0) is 54.6 Å². The van der Waals surface area contributed by atoms with Gasteiger partial charge in [-0.3, -0.25) is 4.79 Å². The highest BCUT2D eigenvalue weighted by Crippen LogP contribution is 2.24. The molecule has 1 N–H and O–H groups in total. The van der Waals surface area contributed by atoms with Gasteiger partial charge in [0, 0.05) is 10.6 Å². The molecule has 7 heteroatoms. The highest BCUT2D eigenvalue weighted by molar-refractivity contribution is 8.00. The SMILES string of the molecule is Cc1ccc(S[C@H](C)C(=O)Nc2cccc(-n3cnnn3)c2)cc1. The summed E-state index contributed by atoms with van der Waals surface area (Å²) in [4.78, 5) is 13.5. The maximum atomic E-state index is 12.4. The van der Waals surface area contributed by atoms with Crippen molar-refractivity contribution in [3.05, 3.63) is 60.4 Å². The number of carbonyl (C=O) groups excluding carboxylic acids is 1. The molecular formula is C17H17N5OS. The Morgan fingerprint density at radius 3 is 2.71 bits per heavy atom. The third-order valence-corrected chi connectivity index (χ3v) is 4.54. The number of aromatic nitrogens is 4. The molecule has 0 aliphatic heterocycles. The molecule has 0 aliphatic carbocycles. The molecule has 1 aromatic heterocycles. The quantitative estimate of drug-likeness (QED) is 0.723. The van der Waals surface area contributed by atoms with E-state index in [4.69, 9.17) is 0 Å². The molecule has 24 heavy (non-hydrogen) atoms. The molecule has 2 aromatic carbocycles. The van der Waals surface area contributed by atoms with Gasteiger partial charge in [-0.15, -0.1) is 16.9 Å². The largest absolute Gasteiger partial charge is 0.325 e. The van der Waals surface area contributed by atoms with Crippen molar-refractivity contribution in [1.29, 1.82) is 0 Å². The van der Waals surface area contributed by atoms with Gasteiger partial charge in [0.1, 0.15) is 6.33 Å². The van der Waals surface area contributed by atoms with Crippen molar-refractivity contribution in [2.75, 3.05) is 5.32 Å². The van der Waals surface area contributed by atoms with Crippen LogP contribution >= 0.6 is 11.8 Å². The van der Waals surface area contributed by atoms with Crippen molar-refractivity contribution in [1.82, 2.24) is 20.2 Å². The molecule has 0 spiro atoms. The first kappa shape index (κ1) is 16.2. The maximum absolute atomic E-state index is 12.4. The van der Waals surface area contributed by atoms with Crippen molar-refractivity contribution < 1.29 is 4.79 Å². The van der Waals surface area contributed by atoms with Gasteiger partial charge >= 0.3 is 0 Å². The number of rotatable bonds is 5. The number of tetrazole rings is 1. The minimum absolute atomic E-state index is 0.0468. The van der Waals surface area contributed by atoms with Crippen LogP contribution in [0.15, 0.2) is 59.8 Å². The average molecular weight is 339 g/mol. The molecule has 0 unspecified atom stereocenters. The summed E-state index contributed by atoms with van der Waals surface area (Å²) >= 11 is 1.53. The molecule has 1 atom stereocenters. The fourth-order valence-electron chi connectivity index (χ4n) is 2.12. The van der Waals surface area contributed by atoms with Crippen molar-refractivity contribution in [3.63, 3.8) is 0 Å². The van der Waals surface area contributed by atoms with Crippen LogP contribution in [0.2, 0.25) is 0 Å². The van der Waals surface area contributed by atoms with Gasteiger partial charge in [-0.2, -0.15) is 0 Å². The molecule has 1 amide bonds. The lowest BCUT2D eigenvalue weighted by atomic mass is 10.2. The van der Waals surface area contributed by atoms with Crippen molar-refractivity contribution in [2.45, 2.75) is 24.0 Å². The smallest absolute Gasteiger partial charge is 0.237 e. The van der Waals surface area contributed by atoms with Gasteiger partial charge in [0.15, 0.2) is 0 Å². The molecule has 0 bridgehead atoms. The molecular weight excluding hydrogens is 322 g/mol. The second-order valence-corrected chi connectivity index (χ2v) is 6.78. The number of nitrogens with zero attached hydrogens (tertiary/aromatic N) is 4. The minimum Gasteiger partial charge on any atom is -0.325 e. The summed E-state index contributed by atoms with van der Waals surface area (Å²) in [6.45, 7) is 3.94. The summed E-state index contributed by atoms with van der Waals surface area (Å²) in [6, 6.07) is 15.5. The Morgan fingerprint density at radius 1 is 1.21 bits per heavy atom. The summed E-state index contributed by atoms with van der Waals surface area (Å²) in [7, 11) is 0. The Labute approximate surface area is 144 Å². The van der Waals surface area contributed by atoms with E-state index in [1.807, 2.05) is 62.4 Å². The number of amides is 1. The Hall–Kier alpha value is -2.67. The fraction of sp³-hybridized carbons (Fsp3) is 0.176. The van der Waals surface area contributed by atoms with E-state index in [0.717, 1.165) is 10.6 Å². The summed E-state index contributed by atoms with van der Waals surface area (Å²) in [5.41, 5.74) is 2.71. The predicted molar refractivity (Wildman–Crippen MR) is 94.3 cm³/mol. The molecule has 0 aliphatic rings. The molecule has 1 heterocycles. The second-order valence-electron chi connectivity index (χ2n) is 5.37. The van der Waals surface area contributed by atoms with Crippen LogP contribution in [0, 0.1) is 6.92 Å². The average Bonchev–Trinajstić information content (AvgIpc) is 3.12. The van der Waals surface area contributed by atoms with E-state index in [9.17, 15) is 4.79 Å². The highest BCUT2D eigenvalue weighted by Gasteiger charge is 2.15. The van der Waals surface area contributed by atoms with E-state index in [1.165, 1.54) is 23.7 Å². The third kappa shape index (κ3) is 3.99. The predicted octanol–water partition coefficient (Wildman–Crippen LogP) is 3.09. The number of thioether (sulfide) groups is 1. The van der Waals surface area contributed by atoms with Crippen LogP contribution in [0.3, 0.4) is 0 Å². The number of hydrogen-bond acceptors (Lipinski definition) is 5. The first-order chi connectivity index (χ1) is 11.6. The zero-order valence-corrected chi connectivity index (χ0v) is 14.2. The summed E-state index contributed by atoms with van der Waals surface area (Å²) in [5.74, 6) is -0.0468. The molecule has 0 radical (unpaired) electrons. The lowest BCUT2D eigenvalue weighted by molar-refractivity contribution is -0.115. The fourth-order valence-corrected chi connectivity index (χ4v) is 2.99. The lowest BCUT2D eigenvalue weighted by Crippen LogP contribution is -2.22. The van der Waals surface area contributed by atoms with Crippen LogP contribution < -0.4 is 5.32 Å². The molecule has 6 nitrogen and oxygen atoms in total. The van der Waals surface area contributed by atoms with E-state index in [0.29, 0.717) is 5.69 Å². The summed E-state index contributed by atoms with van der Waals surface area (Å²) < 4.78 is 1.54. The Balaban J connectivity index is 1.66. The molecule has 0 saturated heterocycles. The maximum Gasteiger partial charge on any atom is 0.237 e. The number of aryl methyl sites for hydroxylation is 1. The molecule has 3 aromatic rings. The number of benzene rings is 2. The van der Waals surface area contributed by atoms with Crippen LogP contribution in [0.4, 0.5) is 5.69 Å². The number of carbonyl (C=O) groups is 1. The number of hydrogen-bond donors (Lipinski definition) is 1. The molecule has 122 valence electrons. The van der Waals surface area contributed by atoms with E-state index < -0.39 is 0 Å². The Morgan fingerprint density at radius 2 is 2.00 bits per heavy atom. The van der Waals surface area contributed by atoms with Crippen molar-refractivity contribution in [2.24, 2.45) is 0 Å². The van der Waals surface area contributed by atoms with E-state index in [2.05, 4.69) is 20.8 Å². The second kappa shape index (κ2) is 7.27. The molecule has 0 fully saturated rings. The van der Waals surface area contributed by atoms with Gasteiger partial charge in [0.05, 0.1) is 10.9 Å². The standard InChI is InChI=1S/C17H17N5OS/c1-12-6-8-16(9-7-12)24-13(2)17(23)19-14-4-3-5-15(10-14)22-11-18-20-21-22/h3-11,13H,1-2H3,(H,19,23)/t13-/m1/s1. The van der Waals surface area contributed by atoms with Crippen molar-refractivity contribution in [3.8, 4) is 5.69 Å². The first-order valence-electron chi connectivity index (χ1n) is 7.49. The Kier molecular flexibility index (Phi) is 4.90. The number of anilines is 1. The summed E-state index contributed by atoms with van der Waals surface area (Å²) in [5, 5.41) is 13.8. The zero-order valence-electron chi connectivity index (χ0n) is 13.4. The van der Waals surface area contributed by atoms with Crippen molar-refractivity contribution >= 4 is 23.4 Å². The topological polar surface area (TPSA) is 72.7 Å². The van der Waals surface area contributed by atoms with Crippen LogP contribution in [0.25, 0.3) is 5.69 Å². The van der Waals surface area contributed by atoms with Crippen LogP contribution in [0.5, 0.6) is 0 Å². The van der Waals surface area contributed by atoms with E-state index in [-0.39, 0.29) is 11.2 Å². The van der Waals surface area contributed by atoms with Crippen LogP contribution in [-0.2, 0) is 4.79 Å². The van der Waals surface area contributed by atoms with Gasteiger partial charge in [-0.25, -0.2) is 4.68 Å². The van der Waals surface area contributed by atoms with Gasteiger partial charge in [-0.1, -0.05) is 23.8 Å². The molecule has 3 rings (SSSR count). The molecule has 0 saturated carbocycles. The van der Waals surface area contributed by atoms with Crippen LogP contribution in [0.1, 0.15) is 12.5 Å². The zero-order chi connectivity index (χ0) is 16.9. The highest BCUT2D eigenvalue weighted by atomic mass is 32.2.